The fraction of sp³-hybridized carbons (Fsp3) is 0.414. The molecular formula is C29H31N5O4S. The Labute approximate surface area is 229 Å². The zero-order valence-electron chi connectivity index (χ0n) is 21.8. The number of benzene rings is 1. The first-order chi connectivity index (χ1) is 18.9. The summed E-state index contributed by atoms with van der Waals surface area (Å²) >= 11 is 1.42. The van der Waals surface area contributed by atoms with E-state index in [4.69, 9.17) is 4.98 Å². The zero-order valence-corrected chi connectivity index (χ0v) is 22.6. The summed E-state index contributed by atoms with van der Waals surface area (Å²) in [5.41, 5.74) is 4.46. The molecule has 3 heterocycles. The molecule has 0 spiro atoms. The number of thiazole rings is 1. The molecule has 1 atom stereocenters. The van der Waals surface area contributed by atoms with E-state index in [0.29, 0.717) is 28.6 Å². The van der Waals surface area contributed by atoms with Gasteiger partial charge in [-0.2, -0.15) is 0 Å². The van der Waals surface area contributed by atoms with Gasteiger partial charge in [-0.1, -0.05) is 49.9 Å². The number of hydrogen-bond donors (Lipinski definition) is 2. The number of imidazole rings is 1. The van der Waals surface area contributed by atoms with Gasteiger partial charge in [-0.25, -0.2) is 14.8 Å². The predicted molar refractivity (Wildman–Crippen MR) is 151 cm³/mol. The number of pyridine rings is 1. The van der Waals surface area contributed by atoms with Gasteiger partial charge in [0.25, 0.3) is 0 Å². The molecule has 2 N–H and O–H groups in total. The monoisotopic (exact) mass is 545 g/mol. The average molecular weight is 546 g/mol. The highest BCUT2D eigenvalue weighted by atomic mass is 32.1. The minimum Gasteiger partial charge on any atom is -0.481 e. The number of nitrogens with one attached hydrogen (secondary N) is 1. The molecular weight excluding hydrogens is 514 g/mol. The summed E-state index contributed by atoms with van der Waals surface area (Å²) in [6, 6.07) is 9.90. The summed E-state index contributed by atoms with van der Waals surface area (Å²) in [6.45, 7) is 0. The van der Waals surface area contributed by atoms with Crippen LogP contribution in [0.3, 0.4) is 0 Å². The van der Waals surface area contributed by atoms with Crippen LogP contribution in [0.25, 0.3) is 33.5 Å². The van der Waals surface area contributed by atoms with Crippen molar-refractivity contribution in [2.45, 2.75) is 57.4 Å². The van der Waals surface area contributed by atoms with Gasteiger partial charge < -0.3 is 5.11 Å². The summed E-state index contributed by atoms with van der Waals surface area (Å²) in [5, 5.41) is 12.2. The molecule has 2 fully saturated rings. The van der Waals surface area contributed by atoms with Crippen LogP contribution in [0.15, 0.2) is 46.7 Å². The predicted octanol–water partition coefficient (Wildman–Crippen LogP) is 5.22. The number of aliphatic carboxylic acids is 1. The maximum absolute atomic E-state index is 13.8. The zero-order chi connectivity index (χ0) is 27.1. The number of carbonyl (C=O) groups excluding carboxylic acids is 1. The van der Waals surface area contributed by atoms with Gasteiger partial charge in [0.05, 0.1) is 17.6 Å². The molecule has 9 nitrogen and oxygen atoms in total. The van der Waals surface area contributed by atoms with Crippen LogP contribution >= 0.6 is 11.3 Å². The molecule has 39 heavy (non-hydrogen) atoms. The molecule has 0 bridgehead atoms. The smallest absolute Gasteiger partial charge is 0.327 e. The van der Waals surface area contributed by atoms with Gasteiger partial charge in [-0.3, -0.25) is 24.0 Å². The van der Waals surface area contributed by atoms with E-state index in [1.165, 1.54) is 15.9 Å². The number of amides is 1. The maximum Gasteiger partial charge on any atom is 0.327 e. The first kappa shape index (κ1) is 25.5. The summed E-state index contributed by atoms with van der Waals surface area (Å²) in [6.07, 6.45) is 8.49. The number of anilines is 1. The number of carboxylic acid groups (broad SMARTS) is 1. The SMILES string of the molecule is Cn1c(=O)[nH]c2ncc(-c3ccccc3-c3csc(N(C(=O)[C@@H](CC(=O)O)CC4CCCC4)C4CC4)n3)cc21. The molecule has 2 saturated carbocycles. The van der Waals surface area contributed by atoms with Gasteiger partial charge in [0.15, 0.2) is 10.8 Å². The molecule has 0 unspecified atom stereocenters. The topological polar surface area (TPSA) is 121 Å². The Morgan fingerprint density at radius 1 is 1.18 bits per heavy atom. The molecule has 10 heteroatoms. The third kappa shape index (κ3) is 5.13. The summed E-state index contributed by atoms with van der Waals surface area (Å²) in [4.78, 5) is 51.5. The second-order valence-electron chi connectivity index (χ2n) is 10.8. The van der Waals surface area contributed by atoms with E-state index in [1.807, 2.05) is 35.7 Å². The average Bonchev–Trinajstić information content (AvgIpc) is 3.29. The van der Waals surface area contributed by atoms with Crippen molar-refractivity contribution in [1.29, 1.82) is 0 Å². The van der Waals surface area contributed by atoms with Crippen molar-refractivity contribution in [3.05, 3.63) is 52.4 Å². The van der Waals surface area contributed by atoms with Crippen LogP contribution in [0.5, 0.6) is 0 Å². The molecule has 1 amide bonds. The highest BCUT2D eigenvalue weighted by Gasteiger charge is 2.40. The highest BCUT2D eigenvalue weighted by Crippen LogP contribution is 2.40. The van der Waals surface area contributed by atoms with E-state index >= 15 is 0 Å². The molecule has 0 radical (unpaired) electrons. The number of H-pyrrole nitrogens is 1. The van der Waals surface area contributed by atoms with Crippen LogP contribution in [-0.4, -0.2) is 42.5 Å². The third-order valence-electron chi connectivity index (χ3n) is 7.98. The van der Waals surface area contributed by atoms with Gasteiger partial charge in [0.2, 0.25) is 5.91 Å². The Morgan fingerprint density at radius 2 is 1.92 bits per heavy atom. The number of rotatable bonds is 9. The van der Waals surface area contributed by atoms with Crippen LogP contribution in [0.4, 0.5) is 5.13 Å². The first-order valence-electron chi connectivity index (χ1n) is 13.5. The minimum absolute atomic E-state index is 0.0769. The number of carboxylic acids is 1. The van der Waals surface area contributed by atoms with Crippen molar-refractivity contribution >= 4 is 39.5 Å². The lowest BCUT2D eigenvalue weighted by Gasteiger charge is -2.26. The van der Waals surface area contributed by atoms with Crippen LogP contribution in [0.1, 0.15) is 51.4 Å². The van der Waals surface area contributed by atoms with E-state index < -0.39 is 11.9 Å². The molecule has 1 aromatic carbocycles. The third-order valence-corrected chi connectivity index (χ3v) is 8.82. The lowest BCUT2D eigenvalue weighted by atomic mass is 9.90. The molecule has 2 aliphatic rings. The number of aromatic amines is 1. The molecule has 0 saturated heterocycles. The van der Waals surface area contributed by atoms with Crippen molar-refractivity contribution < 1.29 is 14.7 Å². The Hall–Kier alpha value is -3.79. The Bertz CT molecular complexity index is 1590. The standard InChI is InChI=1S/C29H31N5O4S/c1-33-24-13-19(15-30-26(24)32-28(33)38)21-8-4-5-9-22(21)23-16-39-29(31-23)34(20-10-11-20)27(37)18(14-25(35)36)12-17-6-2-3-7-17/h4-5,8-9,13,15-18,20H,2-3,6-7,10-12,14H2,1H3,(H,35,36)(H,30,32,38)/t18-/m1/s1. The molecule has 0 aliphatic heterocycles. The van der Waals surface area contributed by atoms with E-state index in [-0.39, 0.29) is 24.1 Å². The minimum atomic E-state index is -0.929. The summed E-state index contributed by atoms with van der Waals surface area (Å²) < 4.78 is 1.54. The van der Waals surface area contributed by atoms with E-state index in [9.17, 15) is 19.5 Å². The second kappa shape index (κ2) is 10.4. The number of hydrogen-bond acceptors (Lipinski definition) is 6. The van der Waals surface area contributed by atoms with Crippen LogP contribution in [0.2, 0.25) is 0 Å². The fourth-order valence-electron chi connectivity index (χ4n) is 5.79. The van der Waals surface area contributed by atoms with Crippen LogP contribution < -0.4 is 10.6 Å². The molecule has 2 aliphatic carbocycles. The lowest BCUT2D eigenvalue weighted by Crippen LogP contribution is -2.39. The van der Waals surface area contributed by atoms with Crippen LogP contribution in [0, 0.1) is 11.8 Å². The normalized spacial score (nSPS) is 16.5. The Balaban J connectivity index is 1.32. The van der Waals surface area contributed by atoms with E-state index in [2.05, 4.69) is 9.97 Å². The number of carbonyl (C=O) groups is 2. The van der Waals surface area contributed by atoms with Gasteiger partial charge in [-0.15, -0.1) is 11.3 Å². The van der Waals surface area contributed by atoms with Gasteiger partial charge >= 0.3 is 11.7 Å². The van der Waals surface area contributed by atoms with Crippen molar-refractivity contribution in [3.8, 4) is 22.4 Å². The molecule has 3 aromatic heterocycles. The molecule has 6 rings (SSSR count). The van der Waals surface area contributed by atoms with Crippen molar-refractivity contribution in [1.82, 2.24) is 19.5 Å². The van der Waals surface area contributed by atoms with Crippen LogP contribution in [-0.2, 0) is 16.6 Å². The largest absolute Gasteiger partial charge is 0.481 e. The number of nitrogens with zero attached hydrogens (tertiary/aromatic N) is 4. The number of fused-ring (bicyclic) bond motifs is 1. The quantitative estimate of drug-likeness (QED) is 0.298. The molecule has 4 aromatic rings. The number of aromatic nitrogens is 4. The van der Waals surface area contributed by atoms with Crippen molar-refractivity contribution in [2.75, 3.05) is 4.90 Å². The Kier molecular flexibility index (Phi) is 6.80. The van der Waals surface area contributed by atoms with Crippen molar-refractivity contribution in [2.24, 2.45) is 18.9 Å². The maximum atomic E-state index is 13.8. The van der Waals surface area contributed by atoms with Gasteiger partial charge in [0, 0.05) is 41.7 Å². The highest BCUT2D eigenvalue weighted by molar-refractivity contribution is 7.14. The van der Waals surface area contributed by atoms with E-state index in [0.717, 1.165) is 60.9 Å². The second-order valence-corrected chi connectivity index (χ2v) is 11.6. The fourth-order valence-corrected chi connectivity index (χ4v) is 6.69. The summed E-state index contributed by atoms with van der Waals surface area (Å²) in [5.74, 6) is -1.15. The first-order valence-corrected chi connectivity index (χ1v) is 14.4. The van der Waals surface area contributed by atoms with Gasteiger partial charge in [-0.05, 0) is 36.8 Å². The van der Waals surface area contributed by atoms with Crippen molar-refractivity contribution in [3.63, 3.8) is 0 Å². The molecule has 202 valence electrons. The summed E-state index contributed by atoms with van der Waals surface area (Å²) in [7, 11) is 1.71. The number of aryl methyl sites for hydroxylation is 1. The Morgan fingerprint density at radius 3 is 2.64 bits per heavy atom. The van der Waals surface area contributed by atoms with E-state index in [1.54, 1.807) is 18.1 Å². The van der Waals surface area contributed by atoms with Gasteiger partial charge in [0.1, 0.15) is 0 Å². The lowest BCUT2D eigenvalue weighted by molar-refractivity contribution is -0.141.